The lowest BCUT2D eigenvalue weighted by atomic mass is 9.78. The summed E-state index contributed by atoms with van der Waals surface area (Å²) in [6.45, 7) is 2.74. The monoisotopic (exact) mass is 317 g/mol. The van der Waals surface area contributed by atoms with Gasteiger partial charge < -0.3 is 10.3 Å². The van der Waals surface area contributed by atoms with Crippen LogP contribution in [0.5, 0.6) is 0 Å². The lowest BCUT2D eigenvalue weighted by molar-refractivity contribution is 0.0279. The number of nitrogens with zero attached hydrogens (tertiary/aromatic N) is 1. The van der Waals surface area contributed by atoms with Gasteiger partial charge in [-0.1, -0.05) is 36.4 Å². The predicted molar refractivity (Wildman–Crippen MR) is 93.9 cm³/mol. The molecule has 1 amide bonds. The maximum Gasteiger partial charge on any atom is 0.252 e. The Morgan fingerprint density at radius 2 is 1.83 bits per heavy atom. The van der Waals surface area contributed by atoms with Gasteiger partial charge in [-0.2, -0.15) is 0 Å². The Morgan fingerprint density at radius 1 is 1.04 bits per heavy atom. The first kappa shape index (κ1) is 13.8. The highest BCUT2D eigenvalue weighted by Crippen LogP contribution is 2.32. The minimum absolute atomic E-state index is 0.0728. The van der Waals surface area contributed by atoms with E-state index >= 15 is 0 Å². The Kier molecular flexibility index (Phi) is 2.85. The Labute approximate surface area is 140 Å². The zero-order valence-electron chi connectivity index (χ0n) is 13.4. The molecule has 0 aliphatic carbocycles. The summed E-state index contributed by atoms with van der Waals surface area (Å²) >= 11 is 0. The fraction of sp³-hybridized carbons (Fsp3) is 0.250. The molecule has 0 unspecified atom stereocenters. The van der Waals surface area contributed by atoms with Crippen LogP contribution < -0.4 is 5.32 Å². The van der Waals surface area contributed by atoms with Crippen molar-refractivity contribution < 1.29 is 4.79 Å². The summed E-state index contributed by atoms with van der Waals surface area (Å²) in [5.41, 5.74) is 4.43. The highest BCUT2D eigenvalue weighted by Gasteiger charge is 2.47. The first-order valence-corrected chi connectivity index (χ1v) is 8.40. The van der Waals surface area contributed by atoms with Crippen molar-refractivity contribution >= 4 is 16.8 Å². The normalized spacial score (nSPS) is 19.1. The average molecular weight is 317 g/mol. The lowest BCUT2D eigenvalue weighted by Crippen LogP contribution is -2.72. The Bertz CT molecular complexity index is 937. The van der Waals surface area contributed by atoms with Gasteiger partial charge in [0, 0.05) is 42.3 Å². The lowest BCUT2D eigenvalue weighted by Gasteiger charge is -2.52. The van der Waals surface area contributed by atoms with Crippen molar-refractivity contribution in [2.45, 2.75) is 18.5 Å². The fourth-order valence-corrected chi connectivity index (χ4v) is 4.23. The van der Waals surface area contributed by atoms with Crippen molar-refractivity contribution in [3.05, 3.63) is 71.4 Å². The van der Waals surface area contributed by atoms with Gasteiger partial charge in [0.15, 0.2) is 0 Å². The van der Waals surface area contributed by atoms with Crippen LogP contribution >= 0.6 is 0 Å². The molecule has 120 valence electrons. The van der Waals surface area contributed by atoms with Crippen molar-refractivity contribution in [1.29, 1.82) is 0 Å². The van der Waals surface area contributed by atoms with Gasteiger partial charge in [-0.15, -0.1) is 0 Å². The number of carbonyl (C=O) groups is 1. The van der Waals surface area contributed by atoms with E-state index in [4.69, 9.17) is 0 Å². The third-order valence-electron chi connectivity index (χ3n) is 5.29. The summed E-state index contributed by atoms with van der Waals surface area (Å²) in [5, 5.41) is 4.53. The van der Waals surface area contributed by atoms with Crippen molar-refractivity contribution in [3.8, 4) is 0 Å². The number of hydrogen-bond acceptors (Lipinski definition) is 2. The predicted octanol–water partition coefficient (Wildman–Crippen LogP) is 2.71. The van der Waals surface area contributed by atoms with E-state index in [1.54, 1.807) is 0 Å². The number of aromatic nitrogens is 1. The highest BCUT2D eigenvalue weighted by molar-refractivity contribution is 5.97. The third kappa shape index (κ3) is 2.07. The van der Waals surface area contributed by atoms with Crippen LogP contribution in [0, 0.1) is 0 Å². The quantitative estimate of drug-likeness (QED) is 0.763. The third-order valence-corrected chi connectivity index (χ3v) is 5.29. The molecule has 2 aliphatic heterocycles. The number of carbonyl (C=O) groups excluding carboxylic acids is 1. The first-order valence-electron chi connectivity index (χ1n) is 8.40. The van der Waals surface area contributed by atoms with Gasteiger partial charge in [0.2, 0.25) is 0 Å². The first-order chi connectivity index (χ1) is 11.7. The molecular weight excluding hydrogens is 298 g/mol. The second-order valence-electron chi connectivity index (χ2n) is 7.07. The van der Waals surface area contributed by atoms with Crippen LogP contribution in [-0.4, -0.2) is 34.4 Å². The largest absolute Gasteiger partial charge is 0.361 e. The molecule has 0 bridgehead atoms. The molecule has 0 atom stereocenters. The van der Waals surface area contributed by atoms with Crippen LogP contribution in [-0.2, 0) is 13.0 Å². The summed E-state index contributed by atoms with van der Waals surface area (Å²) in [5.74, 6) is 0.0728. The molecule has 1 spiro atoms. The molecule has 0 saturated carbocycles. The van der Waals surface area contributed by atoms with E-state index in [1.165, 1.54) is 22.0 Å². The molecule has 24 heavy (non-hydrogen) atoms. The number of rotatable bonds is 2. The van der Waals surface area contributed by atoms with Gasteiger partial charge in [0.05, 0.1) is 5.54 Å². The second kappa shape index (κ2) is 4.95. The minimum atomic E-state index is -0.0858. The van der Waals surface area contributed by atoms with E-state index in [-0.39, 0.29) is 11.4 Å². The van der Waals surface area contributed by atoms with Crippen LogP contribution in [0.2, 0.25) is 0 Å². The molecule has 0 radical (unpaired) electrons. The van der Waals surface area contributed by atoms with E-state index in [0.29, 0.717) is 0 Å². The van der Waals surface area contributed by atoms with Crippen LogP contribution in [0.15, 0.2) is 54.7 Å². The summed E-state index contributed by atoms with van der Waals surface area (Å²) in [6.07, 6.45) is 3.03. The Hall–Kier alpha value is -2.59. The van der Waals surface area contributed by atoms with Crippen LogP contribution in [0.25, 0.3) is 10.9 Å². The number of para-hydroxylation sites is 1. The topological polar surface area (TPSA) is 48.1 Å². The molecule has 1 fully saturated rings. The van der Waals surface area contributed by atoms with Gasteiger partial charge in [0.1, 0.15) is 0 Å². The van der Waals surface area contributed by atoms with E-state index < -0.39 is 0 Å². The van der Waals surface area contributed by atoms with Crippen LogP contribution in [0.1, 0.15) is 21.5 Å². The van der Waals surface area contributed by atoms with E-state index in [9.17, 15) is 4.79 Å². The van der Waals surface area contributed by atoms with Gasteiger partial charge >= 0.3 is 0 Å². The summed E-state index contributed by atoms with van der Waals surface area (Å²) in [6, 6.07) is 16.3. The maximum absolute atomic E-state index is 12.4. The Balaban J connectivity index is 1.33. The Morgan fingerprint density at radius 3 is 2.75 bits per heavy atom. The second-order valence-corrected chi connectivity index (χ2v) is 7.07. The molecule has 1 saturated heterocycles. The van der Waals surface area contributed by atoms with E-state index in [1.807, 2.05) is 18.2 Å². The molecule has 3 aromatic rings. The number of benzene rings is 2. The molecule has 4 heteroatoms. The van der Waals surface area contributed by atoms with Crippen LogP contribution in [0.4, 0.5) is 0 Å². The number of aromatic amines is 1. The SMILES string of the molecule is O=C1NC2(Cc3ccccc31)CN(Cc1c[nH]c3ccccc13)C2. The molecule has 4 nitrogen and oxygen atoms in total. The molecular formula is C20H19N3O. The smallest absolute Gasteiger partial charge is 0.252 e. The van der Waals surface area contributed by atoms with Crippen molar-refractivity contribution in [2.24, 2.45) is 0 Å². The molecule has 5 rings (SSSR count). The number of H-pyrrole nitrogens is 1. The minimum Gasteiger partial charge on any atom is -0.361 e. The number of hydrogen-bond donors (Lipinski definition) is 2. The molecule has 1 aromatic heterocycles. The summed E-state index contributed by atoms with van der Waals surface area (Å²) in [7, 11) is 0. The number of nitrogens with one attached hydrogen (secondary N) is 2. The van der Waals surface area contributed by atoms with Crippen molar-refractivity contribution in [1.82, 2.24) is 15.2 Å². The van der Waals surface area contributed by atoms with Crippen molar-refractivity contribution in [3.63, 3.8) is 0 Å². The number of amides is 1. The molecule has 2 N–H and O–H groups in total. The van der Waals surface area contributed by atoms with Crippen LogP contribution in [0.3, 0.4) is 0 Å². The fourth-order valence-electron chi connectivity index (χ4n) is 4.23. The zero-order chi connectivity index (χ0) is 16.1. The zero-order valence-corrected chi connectivity index (χ0v) is 13.4. The van der Waals surface area contributed by atoms with E-state index in [0.717, 1.165) is 31.6 Å². The summed E-state index contributed by atoms with van der Waals surface area (Å²) in [4.78, 5) is 18.1. The average Bonchev–Trinajstić information content (AvgIpc) is 2.97. The van der Waals surface area contributed by atoms with Gasteiger partial charge in [-0.25, -0.2) is 0 Å². The van der Waals surface area contributed by atoms with Gasteiger partial charge in [-0.3, -0.25) is 9.69 Å². The van der Waals surface area contributed by atoms with Crippen molar-refractivity contribution in [2.75, 3.05) is 13.1 Å². The van der Waals surface area contributed by atoms with Gasteiger partial charge in [0.25, 0.3) is 5.91 Å². The standard InChI is InChI=1S/C20H19N3O/c24-19-17-7-2-1-5-14(17)9-20(22-19)12-23(13-20)11-15-10-21-18-8-4-3-6-16(15)18/h1-8,10,21H,9,11-13H2,(H,22,24). The molecule has 2 aromatic carbocycles. The molecule has 3 heterocycles. The highest BCUT2D eigenvalue weighted by atomic mass is 16.2. The summed E-state index contributed by atoms with van der Waals surface area (Å²) < 4.78 is 0. The van der Waals surface area contributed by atoms with Gasteiger partial charge in [-0.05, 0) is 29.7 Å². The number of fused-ring (bicyclic) bond motifs is 2. The maximum atomic E-state index is 12.4. The van der Waals surface area contributed by atoms with E-state index in [2.05, 4.69) is 51.7 Å². The number of likely N-dealkylation sites (tertiary alicyclic amines) is 1. The molecule has 2 aliphatic rings.